The third-order valence-corrected chi connectivity index (χ3v) is 4.89. The van der Waals surface area contributed by atoms with Crippen molar-refractivity contribution in [1.82, 2.24) is 10.6 Å². The number of rotatable bonds is 6. The van der Waals surface area contributed by atoms with Gasteiger partial charge in [0, 0.05) is 58.6 Å². The van der Waals surface area contributed by atoms with E-state index in [9.17, 15) is 4.79 Å². The third-order valence-electron chi connectivity index (χ3n) is 4.89. The quantitative estimate of drug-likeness (QED) is 0.358. The Morgan fingerprint density at radius 1 is 1.07 bits per heavy atom. The number of halogens is 1. The fraction of sp³-hybridized carbons (Fsp3) is 0.364. The summed E-state index contributed by atoms with van der Waals surface area (Å²) in [5.41, 5.74) is 4.51. The van der Waals surface area contributed by atoms with Gasteiger partial charge in [-0.05, 0) is 41.8 Å². The highest BCUT2D eigenvalue weighted by molar-refractivity contribution is 14.0. The standard InChI is InChI=1S/C22H29N5O.HI/c1-23-22(25-16-18-6-4-7-20(14-18)26(2)3)24-15-17-9-11-19(12-10-17)27-13-5-8-21(27)28;/h4,6-7,9-12,14H,5,8,13,15-16H2,1-3H3,(H2,23,24,25);1H. The molecule has 7 heteroatoms. The van der Waals surface area contributed by atoms with E-state index in [0.29, 0.717) is 19.5 Å². The second-order valence-corrected chi connectivity index (χ2v) is 7.16. The molecule has 0 aliphatic carbocycles. The zero-order valence-corrected chi connectivity index (χ0v) is 19.6. The number of carbonyl (C=O) groups excluding carboxylic acids is 1. The average Bonchev–Trinajstić information content (AvgIpc) is 3.14. The summed E-state index contributed by atoms with van der Waals surface area (Å²) in [4.78, 5) is 20.1. The maximum absolute atomic E-state index is 11.8. The lowest BCUT2D eigenvalue weighted by molar-refractivity contribution is -0.117. The molecule has 2 N–H and O–H groups in total. The number of hydrogen-bond donors (Lipinski definition) is 2. The summed E-state index contributed by atoms with van der Waals surface area (Å²) in [7, 11) is 5.85. The van der Waals surface area contributed by atoms with E-state index in [1.807, 2.05) is 31.1 Å². The molecule has 0 bridgehead atoms. The number of anilines is 2. The second-order valence-electron chi connectivity index (χ2n) is 7.16. The van der Waals surface area contributed by atoms with E-state index in [4.69, 9.17) is 0 Å². The van der Waals surface area contributed by atoms with E-state index < -0.39 is 0 Å². The monoisotopic (exact) mass is 507 g/mol. The SMILES string of the molecule is CN=C(NCc1ccc(N2CCCC2=O)cc1)NCc1cccc(N(C)C)c1.I. The molecule has 3 rings (SSSR count). The largest absolute Gasteiger partial charge is 0.378 e. The fourth-order valence-electron chi connectivity index (χ4n) is 3.25. The highest BCUT2D eigenvalue weighted by Crippen LogP contribution is 2.21. The van der Waals surface area contributed by atoms with Crippen molar-refractivity contribution in [2.45, 2.75) is 25.9 Å². The van der Waals surface area contributed by atoms with Gasteiger partial charge in [0.1, 0.15) is 0 Å². The normalized spacial score (nSPS) is 13.8. The van der Waals surface area contributed by atoms with Crippen molar-refractivity contribution < 1.29 is 4.79 Å². The molecule has 6 nitrogen and oxygen atoms in total. The zero-order chi connectivity index (χ0) is 19.9. The van der Waals surface area contributed by atoms with Gasteiger partial charge in [0.2, 0.25) is 5.91 Å². The first-order chi connectivity index (χ1) is 13.6. The first-order valence-corrected chi connectivity index (χ1v) is 9.67. The van der Waals surface area contributed by atoms with E-state index >= 15 is 0 Å². The van der Waals surface area contributed by atoms with Gasteiger partial charge in [-0.3, -0.25) is 9.79 Å². The Bertz CT molecular complexity index is 835. The highest BCUT2D eigenvalue weighted by Gasteiger charge is 2.21. The Morgan fingerprint density at radius 3 is 2.34 bits per heavy atom. The molecule has 1 aliphatic rings. The van der Waals surface area contributed by atoms with E-state index in [2.05, 4.69) is 56.9 Å². The van der Waals surface area contributed by atoms with Crippen LogP contribution in [0.5, 0.6) is 0 Å². The van der Waals surface area contributed by atoms with Gasteiger partial charge in [-0.2, -0.15) is 0 Å². The molecule has 0 atom stereocenters. The van der Waals surface area contributed by atoms with Crippen LogP contribution in [0.1, 0.15) is 24.0 Å². The molecule has 1 aliphatic heterocycles. The van der Waals surface area contributed by atoms with E-state index in [-0.39, 0.29) is 29.9 Å². The number of nitrogens with zero attached hydrogens (tertiary/aromatic N) is 3. The zero-order valence-electron chi connectivity index (χ0n) is 17.3. The van der Waals surface area contributed by atoms with Crippen molar-refractivity contribution in [3.8, 4) is 0 Å². The smallest absolute Gasteiger partial charge is 0.227 e. The van der Waals surface area contributed by atoms with Crippen LogP contribution in [0.2, 0.25) is 0 Å². The van der Waals surface area contributed by atoms with Gasteiger partial charge in [-0.25, -0.2) is 0 Å². The molecule has 0 saturated carbocycles. The van der Waals surface area contributed by atoms with Crippen molar-refractivity contribution in [3.63, 3.8) is 0 Å². The Morgan fingerprint density at radius 2 is 1.76 bits per heavy atom. The number of aliphatic imine (C=N–C) groups is 1. The van der Waals surface area contributed by atoms with Crippen molar-refractivity contribution >= 4 is 47.2 Å². The minimum Gasteiger partial charge on any atom is -0.378 e. The Balaban J connectivity index is 0.00000300. The summed E-state index contributed by atoms with van der Waals surface area (Å²) in [6, 6.07) is 16.6. The van der Waals surface area contributed by atoms with Crippen molar-refractivity contribution in [2.75, 3.05) is 37.5 Å². The molecule has 0 unspecified atom stereocenters. The topological polar surface area (TPSA) is 60.0 Å². The number of amides is 1. The molecule has 1 heterocycles. The average molecular weight is 507 g/mol. The molecule has 1 amide bonds. The minimum absolute atomic E-state index is 0. The molecular formula is C22H30IN5O. The third kappa shape index (κ3) is 6.35. The van der Waals surface area contributed by atoms with Crippen molar-refractivity contribution in [3.05, 3.63) is 59.7 Å². The molecule has 1 saturated heterocycles. The maximum atomic E-state index is 11.8. The number of benzene rings is 2. The van der Waals surface area contributed by atoms with Gasteiger partial charge in [-0.15, -0.1) is 24.0 Å². The molecular weight excluding hydrogens is 477 g/mol. The Kier molecular flexibility index (Phi) is 8.75. The van der Waals surface area contributed by atoms with Crippen LogP contribution in [0.25, 0.3) is 0 Å². The molecule has 2 aromatic carbocycles. The summed E-state index contributed by atoms with van der Waals surface area (Å²) in [6.45, 7) is 2.20. The number of carbonyl (C=O) groups is 1. The molecule has 0 spiro atoms. The van der Waals surface area contributed by atoms with Crippen LogP contribution in [-0.4, -0.2) is 39.6 Å². The summed E-state index contributed by atoms with van der Waals surface area (Å²) < 4.78 is 0. The van der Waals surface area contributed by atoms with Crippen LogP contribution in [0.15, 0.2) is 53.5 Å². The van der Waals surface area contributed by atoms with Crippen LogP contribution >= 0.6 is 24.0 Å². The van der Waals surface area contributed by atoms with Crippen LogP contribution in [-0.2, 0) is 17.9 Å². The fourth-order valence-corrected chi connectivity index (χ4v) is 3.25. The lowest BCUT2D eigenvalue weighted by Gasteiger charge is -2.17. The molecule has 2 aromatic rings. The van der Waals surface area contributed by atoms with Crippen LogP contribution in [0.4, 0.5) is 11.4 Å². The van der Waals surface area contributed by atoms with Crippen molar-refractivity contribution in [1.29, 1.82) is 0 Å². The number of guanidine groups is 1. The number of nitrogens with one attached hydrogen (secondary N) is 2. The maximum Gasteiger partial charge on any atom is 0.227 e. The van der Waals surface area contributed by atoms with Gasteiger partial charge < -0.3 is 20.4 Å². The van der Waals surface area contributed by atoms with Gasteiger partial charge in [-0.1, -0.05) is 24.3 Å². The first-order valence-electron chi connectivity index (χ1n) is 9.67. The summed E-state index contributed by atoms with van der Waals surface area (Å²) >= 11 is 0. The summed E-state index contributed by atoms with van der Waals surface area (Å²) in [5, 5.41) is 6.69. The molecule has 29 heavy (non-hydrogen) atoms. The summed E-state index contributed by atoms with van der Waals surface area (Å²) in [6.07, 6.45) is 1.60. The van der Waals surface area contributed by atoms with E-state index in [1.54, 1.807) is 7.05 Å². The Hall–Kier alpha value is -2.29. The van der Waals surface area contributed by atoms with Crippen LogP contribution < -0.4 is 20.4 Å². The molecule has 0 radical (unpaired) electrons. The van der Waals surface area contributed by atoms with Crippen LogP contribution in [0.3, 0.4) is 0 Å². The molecule has 156 valence electrons. The molecule has 0 aromatic heterocycles. The van der Waals surface area contributed by atoms with E-state index in [0.717, 1.165) is 30.2 Å². The lowest BCUT2D eigenvalue weighted by Crippen LogP contribution is -2.36. The van der Waals surface area contributed by atoms with Gasteiger partial charge in [0.15, 0.2) is 5.96 Å². The van der Waals surface area contributed by atoms with Gasteiger partial charge in [0.25, 0.3) is 0 Å². The Labute approximate surface area is 190 Å². The van der Waals surface area contributed by atoms with Gasteiger partial charge >= 0.3 is 0 Å². The van der Waals surface area contributed by atoms with Gasteiger partial charge in [0.05, 0.1) is 0 Å². The molecule has 1 fully saturated rings. The van der Waals surface area contributed by atoms with E-state index in [1.165, 1.54) is 11.3 Å². The highest BCUT2D eigenvalue weighted by atomic mass is 127. The minimum atomic E-state index is 0. The second kappa shape index (κ2) is 11.0. The summed E-state index contributed by atoms with van der Waals surface area (Å²) in [5.74, 6) is 0.975. The first kappa shape index (κ1) is 23.0. The number of hydrogen-bond acceptors (Lipinski definition) is 3. The lowest BCUT2D eigenvalue weighted by atomic mass is 10.2. The van der Waals surface area contributed by atoms with Crippen molar-refractivity contribution in [2.24, 2.45) is 4.99 Å². The predicted octanol–water partition coefficient (Wildman–Crippen LogP) is 3.36. The predicted molar refractivity (Wildman–Crippen MR) is 131 cm³/mol. The van der Waals surface area contributed by atoms with Crippen LogP contribution in [0, 0.1) is 0 Å².